The average molecular weight is 287 g/mol. The molecule has 0 radical (unpaired) electrons. The zero-order chi connectivity index (χ0) is 15.1. The molecule has 2 rings (SSSR count). The van der Waals surface area contributed by atoms with Crippen LogP contribution < -0.4 is 5.32 Å². The molecule has 0 saturated carbocycles. The Morgan fingerprint density at radius 1 is 1.38 bits per heavy atom. The van der Waals surface area contributed by atoms with Crippen molar-refractivity contribution in [3.05, 3.63) is 30.1 Å². The topological polar surface area (TPSA) is 56.3 Å². The van der Waals surface area contributed by atoms with Crippen LogP contribution in [-0.2, 0) is 6.42 Å². The van der Waals surface area contributed by atoms with E-state index in [-0.39, 0.29) is 0 Å². The average Bonchev–Trinajstić information content (AvgIpc) is 2.91. The molecule has 0 aliphatic heterocycles. The Kier molecular flexibility index (Phi) is 5.60. The van der Waals surface area contributed by atoms with Gasteiger partial charge in [0.15, 0.2) is 5.96 Å². The van der Waals surface area contributed by atoms with E-state index in [1.54, 1.807) is 0 Å². The molecule has 0 bridgehead atoms. The molecule has 1 heterocycles. The SMILES string of the molecule is CCCCN(C)C(=NC)NCCc1nc2ccccc2[nH]1. The van der Waals surface area contributed by atoms with Crippen molar-refractivity contribution in [2.24, 2.45) is 4.99 Å². The summed E-state index contributed by atoms with van der Waals surface area (Å²) in [6, 6.07) is 8.11. The molecule has 2 aromatic rings. The van der Waals surface area contributed by atoms with Gasteiger partial charge < -0.3 is 15.2 Å². The van der Waals surface area contributed by atoms with Gasteiger partial charge >= 0.3 is 0 Å². The van der Waals surface area contributed by atoms with Crippen molar-refractivity contribution < 1.29 is 0 Å². The van der Waals surface area contributed by atoms with Crippen molar-refractivity contribution in [2.45, 2.75) is 26.2 Å². The smallest absolute Gasteiger partial charge is 0.193 e. The van der Waals surface area contributed by atoms with Crippen molar-refractivity contribution in [1.82, 2.24) is 20.2 Å². The molecule has 5 heteroatoms. The van der Waals surface area contributed by atoms with Crippen molar-refractivity contribution in [2.75, 3.05) is 27.2 Å². The monoisotopic (exact) mass is 287 g/mol. The number of aromatic amines is 1. The number of aromatic nitrogens is 2. The van der Waals surface area contributed by atoms with E-state index in [0.717, 1.165) is 42.3 Å². The summed E-state index contributed by atoms with van der Waals surface area (Å²) in [4.78, 5) is 14.4. The molecule has 114 valence electrons. The molecule has 2 N–H and O–H groups in total. The van der Waals surface area contributed by atoms with E-state index in [1.165, 1.54) is 12.8 Å². The van der Waals surface area contributed by atoms with Gasteiger partial charge in [0.25, 0.3) is 0 Å². The first-order valence-electron chi connectivity index (χ1n) is 7.60. The number of hydrogen-bond acceptors (Lipinski definition) is 2. The maximum absolute atomic E-state index is 4.58. The highest BCUT2D eigenvalue weighted by Gasteiger charge is 2.06. The van der Waals surface area contributed by atoms with Gasteiger partial charge in [0.2, 0.25) is 0 Å². The minimum absolute atomic E-state index is 0.822. The predicted molar refractivity (Wildman–Crippen MR) is 88.7 cm³/mol. The fourth-order valence-electron chi connectivity index (χ4n) is 2.30. The molecular formula is C16H25N5. The van der Waals surface area contributed by atoms with Crippen LogP contribution in [0.3, 0.4) is 0 Å². The van der Waals surface area contributed by atoms with Crippen molar-refractivity contribution >= 4 is 17.0 Å². The molecule has 0 unspecified atom stereocenters. The Hall–Kier alpha value is -2.04. The van der Waals surface area contributed by atoms with E-state index in [9.17, 15) is 0 Å². The zero-order valence-electron chi connectivity index (χ0n) is 13.2. The molecule has 0 aliphatic rings. The minimum Gasteiger partial charge on any atom is -0.356 e. The first-order valence-corrected chi connectivity index (χ1v) is 7.60. The normalized spacial score (nSPS) is 11.9. The fourth-order valence-corrected chi connectivity index (χ4v) is 2.30. The quantitative estimate of drug-likeness (QED) is 0.633. The molecule has 1 aromatic heterocycles. The molecule has 0 aliphatic carbocycles. The lowest BCUT2D eigenvalue weighted by atomic mass is 10.3. The maximum atomic E-state index is 4.58. The van der Waals surface area contributed by atoms with Crippen LogP contribution in [0, 0.1) is 0 Å². The highest BCUT2D eigenvalue weighted by atomic mass is 15.3. The number of aliphatic imine (C=N–C) groups is 1. The first-order chi connectivity index (χ1) is 10.2. The van der Waals surface area contributed by atoms with Gasteiger partial charge in [-0.25, -0.2) is 4.98 Å². The highest BCUT2D eigenvalue weighted by Crippen LogP contribution is 2.10. The van der Waals surface area contributed by atoms with Crippen molar-refractivity contribution in [3.63, 3.8) is 0 Å². The van der Waals surface area contributed by atoms with E-state index >= 15 is 0 Å². The van der Waals surface area contributed by atoms with Gasteiger partial charge in [0.05, 0.1) is 11.0 Å². The third-order valence-electron chi connectivity index (χ3n) is 3.50. The third kappa shape index (κ3) is 4.21. The number of para-hydroxylation sites is 2. The summed E-state index contributed by atoms with van der Waals surface area (Å²) in [5.41, 5.74) is 2.12. The maximum Gasteiger partial charge on any atom is 0.193 e. The number of unbranched alkanes of at least 4 members (excludes halogenated alkanes) is 1. The van der Waals surface area contributed by atoms with Gasteiger partial charge in [-0.3, -0.25) is 4.99 Å². The first kappa shape index (κ1) is 15.4. The molecule has 0 fully saturated rings. The summed E-state index contributed by atoms with van der Waals surface area (Å²) in [6.07, 6.45) is 3.23. The Labute approximate surface area is 126 Å². The molecular weight excluding hydrogens is 262 g/mol. The number of nitrogens with one attached hydrogen (secondary N) is 2. The lowest BCUT2D eigenvalue weighted by Gasteiger charge is -2.21. The molecule has 5 nitrogen and oxygen atoms in total. The van der Waals surface area contributed by atoms with Crippen LogP contribution in [0.5, 0.6) is 0 Å². The van der Waals surface area contributed by atoms with E-state index in [4.69, 9.17) is 0 Å². The lowest BCUT2D eigenvalue weighted by molar-refractivity contribution is 0.465. The predicted octanol–water partition coefficient (Wildman–Crippen LogP) is 2.41. The summed E-state index contributed by atoms with van der Waals surface area (Å²) in [7, 11) is 3.90. The summed E-state index contributed by atoms with van der Waals surface area (Å²) >= 11 is 0. The zero-order valence-corrected chi connectivity index (χ0v) is 13.2. The molecule has 1 aromatic carbocycles. The summed E-state index contributed by atoms with van der Waals surface area (Å²) in [5.74, 6) is 1.95. The van der Waals surface area contributed by atoms with Crippen LogP contribution >= 0.6 is 0 Å². The van der Waals surface area contributed by atoms with E-state index < -0.39 is 0 Å². The number of nitrogens with zero attached hydrogens (tertiary/aromatic N) is 3. The van der Waals surface area contributed by atoms with Crippen LogP contribution in [0.25, 0.3) is 11.0 Å². The summed E-state index contributed by atoms with van der Waals surface area (Å²) < 4.78 is 0. The minimum atomic E-state index is 0.822. The highest BCUT2D eigenvalue weighted by molar-refractivity contribution is 5.79. The van der Waals surface area contributed by atoms with E-state index in [1.807, 2.05) is 25.2 Å². The second kappa shape index (κ2) is 7.67. The second-order valence-electron chi connectivity index (χ2n) is 5.20. The largest absolute Gasteiger partial charge is 0.356 e. The molecule has 0 saturated heterocycles. The van der Waals surface area contributed by atoms with Crippen LogP contribution in [0.1, 0.15) is 25.6 Å². The van der Waals surface area contributed by atoms with Gasteiger partial charge in [-0.15, -0.1) is 0 Å². The number of guanidine groups is 1. The number of rotatable bonds is 6. The third-order valence-corrected chi connectivity index (χ3v) is 3.50. The van der Waals surface area contributed by atoms with Gasteiger partial charge in [-0.2, -0.15) is 0 Å². The Morgan fingerprint density at radius 2 is 2.19 bits per heavy atom. The molecule has 21 heavy (non-hydrogen) atoms. The van der Waals surface area contributed by atoms with Crippen LogP contribution in [0.4, 0.5) is 0 Å². The second-order valence-corrected chi connectivity index (χ2v) is 5.20. The fraction of sp³-hybridized carbons (Fsp3) is 0.500. The number of fused-ring (bicyclic) bond motifs is 1. The molecule has 0 spiro atoms. The van der Waals surface area contributed by atoms with Gasteiger partial charge in [0, 0.05) is 33.6 Å². The van der Waals surface area contributed by atoms with Crippen molar-refractivity contribution in [1.29, 1.82) is 0 Å². The Bertz CT molecular complexity index is 554. The van der Waals surface area contributed by atoms with Gasteiger partial charge in [-0.05, 0) is 18.6 Å². The standard InChI is InChI=1S/C16H25N5/c1-4-5-12-21(3)16(17-2)18-11-10-15-19-13-8-6-7-9-14(13)20-15/h6-9H,4-5,10-12H2,1-3H3,(H,17,18)(H,19,20). The summed E-state index contributed by atoms with van der Waals surface area (Å²) in [6.45, 7) is 4.05. The Balaban J connectivity index is 1.85. The molecule has 0 atom stereocenters. The number of hydrogen-bond donors (Lipinski definition) is 2. The van der Waals surface area contributed by atoms with Crippen LogP contribution in [0.2, 0.25) is 0 Å². The Morgan fingerprint density at radius 3 is 2.90 bits per heavy atom. The van der Waals surface area contributed by atoms with Crippen LogP contribution in [-0.4, -0.2) is 48.0 Å². The van der Waals surface area contributed by atoms with Gasteiger partial charge in [0.1, 0.15) is 5.82 Å². The van der Waals surface area contributed by atoms with Gasteiger partial charge in [-0.1, -0.05) is 25.5 Å². The van der Waals surface area contributed by atoms with Crippen LogP contribution in [0.15, 0.2) is 29.3 Å². The number of imidazole rings is 1. The van der Waals surface area contributed by atoms with Crippen molar-refractivity contribution in [3.8, 4) is 0 Å². The summed E-state index contributed by atoms with van der Waals surface area (Å²) in [5, 5.41) is 3.39. The van der Waals surface area contributed by atoms with E-state index in [2.05, 4.69) is 45.2 Å². The number of benzene rings is 1. The lowest BCUT2D eigenvalue weighted by Crippen LogP contribution is -2.40. The molecule has 0 amide bonds. The van der Waals surface area contributed by atoms with E-state index in [0.29, 0.717) is 0 Å². The number of H-pyrrole nitrogens is 1.